The van der Waals surface area contributed by atoms with Crippen LogP contribution < -0.4 is 4.72 Å². The number of carbonyl (C=O) groups excluding carboxylic acids is 2. The van der Waals surface area contributed by atoms with Gasteiger partial charge in [-0.15, -0.1) is 0 Å². The molecule has 0 fully saturated rings. The van der Waals surface area contributed by atoms with Crippen molar-refractivity contribution in [2.24, 2.45) is 5.92 Å². The van der Waals surface area contributed by atoms with Crippen LogP contribution in [0.1, 0.15) is 25.0 Å². The third-order valence-corrected chi connectivity index (χ3v) is 6.86. The minimum absolute atomic E-state index is 0.0195. The van der Waals surface area contributed by atoms with Crippen LogP contribution in [-0.2, 0) is 26.0 Å². The van der Waals surface area contributed by atoms with Gasteiger partial charge < -0.3 is 4.90 Å². The monoisotopic (exact) mass is 452 g/mol. The first-order valence-corrected chi connectivity index (χ1v) is 12.1. The van der Waals surface area contributed by atoms with E-state index in [0.29, 0.717) is 13.1 Å². The summed E-state index contributed by atoms with van der Waals surface area (Å²) in [5.74, 6) is -2.36. The molecule has 6 nitrogen and oxygen atoms in total. The van der Waals surface area contributed by atoms with E-state index in [1.807, 2.05) is 63.2 Å². The number of nitrogens with one attached hydrogen (secondary N) is 1. The zero-order chi connectivity index (χ0) is 23.3. The molecule has 0 aliphatic rings. The van der Waals surface area contributed by atoms with Gasteiger partial charge >= 0.3 is 0 Å². The van der Waals surface area contributed by atoms with Gasteiger partial charge in [-0.3, -0.25) is 9.59 Å². The van der Waals surface area contributed by atoms with Gasteiger partial charge in [0.15, 0.2) is 0 Å². The molecule has 1 unspecified atom stereocenters. The first kappa shape index (κ1) is 23.5. The van der Waals surface area contributed by atoms with Crippen molar-refractivity contribution in [1.29, 1.82) is 0 Å². The van der Waals surface area contributed by atoms with Crippen molar-refractivity contribution in [2.45, 2.75) is 32.1 Å². The highest BCUT2D eigenvalue weighted by Gasteiger charge is 2.33. The van der Waals surface area contributed by atoms with Crippen LogP contribution >= 0.6 is 0 Å². The van der Waals surface area contributed by atoms with Crippen LogP contribution in [0.3, 0.4) is 0 Å². The zero-order valence-electron chi connectivity index (χ0n) is 18.5. The van der Waals surface area contributed by atoms with Crippen LogP contribution in [0.2, 0.25) is 0 Å². The molecule has 0 saturated carbocycles. The van der Waals surface area contributed by atoms with E-state index >= 15 is 0 Å². The number of nitrogens with zero attached hydrogens (tertiary/aromatic N) is 1. The van der Waals surface area contributed by atoms with Gasteiger partial charge in [0.05, 0.1) is 4.90 Å². The highest BCUT2D eigenvalue weighted by Crippen LogP contribution is 2.20. The Morgan fingerprint density at radius 3 is 2.16 bits per heavy atom. The smallest absolute Gasteiger partial charge is 0.264 e. The van der Waals surface area contributed by atoms with Crippen LogP contribution in [0.4, 0.5) is 0 Å². The largest absolute Gasteiger partial charge is 0.343 e. The molecule has 0 saturated heterocycles. The number of benzene rings is 3. The van der Waals surface area contributed by atoms with E-state index in [4.69, 9.17) is 0 Å². The number of fused-ring (bicyclic) bond motifs is 1. The van der Waals surface area contributed by atoms with Crippen molar-refractivity contribution in [3.63, 3.8) is 0 Å². The molecule has 0 bridgehead atoms. The van der Waals surface area contributed by atoms with Gasteiger partial charge in [-0.1, -0.05) is 60.2 Å². The molecule has 32 heavy (non-hydrogen) atoms. The number of carbonyl (C=O) groups is 2. The fourth-order valence-electron chi connectivity index (χ4n) is 3.60. The van der Waals surface area contributed by atoms with Gasteiger partial charge in [0.25, 0.3) is 10.0 Å². The van der Waals surface area contributed by atoms with Crippen molar-refractivity contribution < 1.29 is 18.0 Å². The molecule has 1 atom stereocenters. The Bertz CT molecular complexity index is 1220. The second kappa shape index (κ2) is 9.96. The highest BCUT2D eigenvalue weighted by molar-refractivity contribution is 7.90. The van der Waals surface area contributed by atoms with E-state index in [1.165, 1.54) is 12.1 Å². The average Bonchev–Trinajstić information content (AvgIpc) is 2.78. The molecule has 0 aromatic heterocycles. The van der Waals surface area contributed by atoms with Crippen LogP contribution in [-0.4, -0.2) is 38.2 Å². The summed E-state index contributed by atoms with van der Waals surface area (Å²) in [5, 5.41) is 1.64. The lowest BCUT2D eigenvalue weighted by Crippen LogP contribution is -2.46. The number of hydrogen-bond acceptors (Lipinski definition) is 4. The van der Waals surface area contributed by atoms with Gasteiger partial charge in [-0.05, 0) is 55.7 Å². The van der Waals surface area contributed by atoms with E-state index in [9.17, 15) is 18.0 Å². The quantitative estimate of drug-likeness (QED) is 0.529. The number of rotatable bonds is 8. The van der Waals surface area contributed by atoms with Gasteiger partial charge in [0, 0.05) is 13.1 Å². The van der Waals surface area contributed by atoms with Crippen LogP contribution in [0.15, 0.2) is 71.6 Å². The minimum Gasteiger partial charge on any atom is -0.343 e. The third kappa shape index (κ3) is 5.34. The Balaban J connectivity index is 1.89. The third-order valence-electron chi connectivity index (χ3n) is 5.52. The normalized spacial score (nSPS) is 12.3. The molecule has 0 aliphatic carbocycles. The van der Waals surface area contributed by atoms with E-state index in [-0.39, 0.29) is 17.2 Å². The van der Waals surface area contributed by atoms with Gasteiger partial charge in [0.1, 0.15) is 5.92 Å². The Morgan fingerprint density at radius 1 is 0.906 bits per heavy atom. The fraction of sp³-hybridized carbons (Fsp3) is 0.280. The maximum absolute atomic E-state index is 13.1. The molecule has 0 radical (unpaired) electrons. The van der Waals surface area contributed by atoms with Gasteiger partial charge in [-0.2, -0.15) is 0 Å². The second-order valence-electron chi connectivity index (χ2n) is 7.73. The summed E-state index contributed by atoms with van der Waals surface area (Å²) < 4.78 is 28.1. The standard InChI is InChI=1S/C25H28N2O4S/c1-4-27(5-2)25(29)23(16-19-12-10-18(3)11-13-19)24(28)26-32(30,31)22-15-14-20-8-6-7-9-21(20)17-22/h6-15,17,23H,4-5,16H2,1-3H3,(H,26,28). The number of sulfonamides is 1. The molecule has 7 heteroatoms. The first-order chi connectivity index (χ1) is 15.2. The van der Waals surface area contributed by atoms with Crippen molar-refractivity contribution in [3.05, 3.63) is 77.9 Å². The molecule has 3 rings (SSSR count). The van der Waals surface area contributed by atoms with Crippen LogP contribution in [0, 0.1) is 12.8 Å². The minimum atomic E-state index is -4.14. The molecule has 0 spiro atoms. The molecule has 0 aliphatic heterocycles. The maximum atomic E-state index is 13.1. The van der Waals surface area contributed by atoms with E-state index in [2.05, 4.69) is 4.72 Å². The summed E-state index contributed by atoms with van der Waals surface area (Å²) in [6.07, 6.45) is 0.120. The second-order valence-corrected chi connectivity index (χ2v) is 9.41. The molecule has 2 amide bonds. The van der Waals surface area contributed by atoms with Crippen LogP contribution in [0.25, 0.3) is 10.8 Å². The summed E-state index contributed by atoms with van der Waals surface area (Å²) in [5.41, 5.74) is 1.85. The molecule has 3 aromatic carbocycles. The number of hydrogen-bond donors (Lipinski definition) is 1. The Hall–Kier alpha value is -3.19. The number of aryl methyl sites for hydroxylation is 1. The number of amides is 2. The molecule has 1 N–H and O–H groups in total. The average molecular weight is 453 g/mol. The van der Waals surface area contributed by atoms with Crippen LogP contribution in [0.5, 0.6) is 0 Å². The summed E-state index contributed by atoms with van der Waals surface area (Å²) >= 11 is 0. The Labute approximate surface area is 189 Å². The summed E-state index contributed by atoms with van der Waals surface area (Å²) in [6, 6.07) is 19.5. The molecule has 0 heterocycles. The van der Waals surface area contributed by atoms with Crippen molar-refractivity contribution in [3.8, 4) is 0 Å². The maximum Gasteiger partial charge on any atom is 0.264 e. The lowest BCUT2D eigenvalue weighted by atomic mass is 9.96. The Morgan fingerprint density at radius 2 is 1.53 bits per heavy atom. The Kier molecular flexibility index (Phi) is 7.30. The summed E-state index contributed by atoms with van der Waals surface area (Å²) in [7, 11) is -4.14. The molecular formula is C25H28N2O4S. The van der Waals surface area contributed by atoms with E-state index < -0.39 is 21.8 Å². The lowest BCUT2D eigenvalue weighted by molar-refractivity contribution is -0.141. The van der Waals surface area contributed by atoms with Crippen molar-refractivity contribution >= 4 is 32.6 Å². The predicted molar refractivity (Wildman–Crippen MR) is 126 cm³/mol. The first-order valence-electron chi connectivity index (χ1n) is 10.6. The molecular weight excluding hydrogens is 424 g/mol. The SMILES string of the molecule is CCN(CC)C(=O)C(Cc1ccc(C)cc1)C(=O)NS(=O)(=O)c1ccc2ccccc2c1. The highest BCUT2D eigenvalue weighted by atomic mass is 32.2. The van der Waals surface area contributed by atoms with Crippen molar-refractivity contribution in [2.75, 3.05) is 13.1 Å². The fourth-order valence-corrected chi connectivity index (χ4v) is 4.66. The van der Waals surface area contributed by atoms with Gasteiger partial charge in [0.2, 0.25) is 11.8 Å². The molecule has 3 aromatic rings. The van der Waals surface area contributed by atoms with Gasteiger partial charge in [-0.25, -0.2) is 13.1 Å². The predicted octanol–water partition coefficient (Wildman–Crippen LogP) is 3.68. The summed E-state index contributed by atoms with van der Waals surface area (Å²) in [6.45, 7) is 6.47. The van der Waals surface area contributed by atoms with E-state index in [1.54, 1.807) is 17.0 Å². The lowest BCUT2D eigenvalue weighted by Gasteiger charge is -2.24. The summed E-state index contributed by atoms with van der Waals surface area (Å²) in [4.78, 5) is 27.7. The zero-order valence-corrected chi connectivity index (χ0v) is 19.4. The topological polar surface area (TPSA) is 83.6 Å². The van der Waals surface area contributed by atoms with E-state index in [0.717, 1.165) is 21.9 Å². The molecule has 168 valence electrons. The van der Waals surface area contributed by atoms with Crippen molar-refractivity contribution in [1.82, 2.24) is 9.62 Å².